The topological polar surface area (TPSA) is 65.8 Å². The fourth-order valence-corrected chi connectivity index (χ4v) is 7.41. The van der Waals surface area contributed by atoms with E-state index in [2.05, 4.69) is 31.8 Å². The van der Waals surface area contributed by atoms with Gasteiger partial charge in [-0.15, -0.1) is 0 Å². The van der Waals surface area contributed by atoms with Crippen LogP contribution in [0.5, 0.6) is 0 Å². The molecule has 0 radical (unpaired) electrons. The summed E-state index contributed by atoms with van der Waals surface area (Å²) in [4.78, 5) is 22.1. The third-order valence-corrected chi connectivity index (χ3v) is 10.3. The largest absolute Gasteiger partial charge is 0.416 e. The van der Waals surface area contributed by atoms with Gasteiger partial charge in [-0.1, -0.05) is 60.3 Å². The molecule has 1 aliphatic heterocycles. The maximum atomic E-state index is 13.5. The summed E-state index contributed by atoms with van der Waals surface area (Å²) in [7, 11) is 2.12. The molecule has 3 aromatic carbocycles. The van der Waals surface area contributed by atoms with Crippen molar-refractivity contribution in [3.05, 3.63) is 117 Å². The number of hydrazone groups is 1. The van der Waals surface area contributed by atoms with E-state index in [1.165, 1.54) is 48.9 Å². The van der Waals surface area contributed by atoms with Crippen molar-refractivity contribution in [1.29, 1.82) is 0 Å². The second-order valence-electron chi connectivity index (χ2n) is 12.7. The molecule has 0 amide bonds. The van der Waals surface area contributed by atoms with Gasteiger partial charge in [0.25, 0.3) is 5.56 Å². The highest BCUT2D eigenvalue weighted by molar-refractivity contribution is 7.98. The van der Waals surface area contributed by atoms with E-state index in [9.17, 15) is 22.4 Å². The van der Waals surface area contributed by atoms with Gasteiger partial charge in [0.1, 0.15) is 17.8 Å². The fraction of sp³-hybridized carbons (Fsp3) is 0.361. The number of hydrogen-bond donors (Lipinski definition) is 1. The molecule has 3 aliphatic rings. The first kappa shape index (κ1) is 32.4. The van der Waals surface area contributed by atoms with E-state index in [-0.39, 0.29) is 17.5 Å². The SMILES string of the molecule is CN(CC1=NNC(Cn2c(SCc3ccc(F)cc3)nc(=O)c3c2CCC3)N1Cc1ccc(-c2ccc(C(F)(F)F)cc2)cc1)C1CC1. The average Bonchev–Trinajstić information content (AvgIpc) is 3.71. The van der Waals surface area contributed by atoms with Crippen molar-refractivity contribution >= 4 is 17.6 Å². The Morgan fingerprint density at radius 2 is 1.60 bits per heavy atom. The van der Waals surface area contributed by atoms with E-state index in [0.717, 1.165) is 58.8 Å². The molecule has 0 saturated heterocycles. The molecule has 1 N–H and O–H groups in total. The molecule has 0 bridgehead atoms. The Labute approximate surface area is 280 Å². The fourth-order valence-electron chi connectivity index (χ4n) is 6.43. The molecule has 7 nitrogen and oxygen atoms in total. The number of likely N-dealkylation sites (N-methyl/N-ethyl adjacent to an activating group) is 1. The third kappa shape index (κ3) is 7.14. The summed E-state index contributed by atoms with van der Waals surface area (Å²) in [5, 5.41) is 5.43. The van der Waals surface area contributed by atoms with Crippen LogP contribution in [0.2, 0.25) is 0 Å². The van der Waals surface area contributed by atoms with Crippen LogP contribution in [0.25, 0.3) is 11.1 Å². The van der Waals surface area contributed by atoms with Crippen LogP contribution in [0.15, 0.2) is 87.8 Å². The molecule has 1 aromatic heterocycles. The molecule has 12 heteroatoms. The third-order valence-electron chi connectivity index (χ3n) is 9.30. The predicted molar refractivity (Wildman–Crippen MR) is 179 cm³/mol. The van der Waals surface area contributed by atoms with Crippen LogP contribution in [0, 0.1) is 5.82 Å². The first-order chi connectivity index (χ1) is 23.1. The minimum Gasteiger partial charge on any atom is -0.330 e. The van der Waals surface area contributed by atoms with Gasteiger partial charge in [-0.25, -0.2) is 4.39 Å². The molecule has 0 spiro atoms. The van der Waals surface area contributed by atoms with Crippen LogP contribution in [-0.2, 0) is 37.9 Å². The number of nitrogens with one attached hydrogen (secondary N) is 1. The number of amidine groups is 1. The van der Waals surface area contributed by atoms with Crippen LogP contribution in [0.4, 0.5) is 17.6 Å². The number of aromatic nitrogens is 2. The van der Waals surface area contributed by atoms with Gasteiger partial charge in [0.05, 0.1) is 18.7 Å². The standard InChI is InChI=1S/C36H36F4N6OS/c1-44(29-17-18-29)20-32-42-43-33(46(32)19-23-5-9-25(10-6-23)26-11-13-27(14-12-26)36(38,39)40)21-45-31-4-2-3-30(31)34(47)41-35(45)48-22-24-7-15-28(37)16-8-24/h5-16,29,33,43H,2-4,17-22H2,1H3. The Morgan fingerprint density at radius 3 is 2.27 bits per heavy atom. The second-order valence-corrected chi connectivity index (χ2v) is 13.7. The Morgan fingerprint density at radius 1 is 0.938 bits per heavy atom. The maximum Gasteiger partial charge on any atom is 0.416 e. The van der Waals surface area contributed by atoms with Crippen LogP contribution < -0.4 is 11.0 Å². The zero-order valence-electron chi connectivity index (χ0n) is 26.5. The van der Waals surface area contributed by atoms with Crippen LogP contribution >= 0.6 is 11.8 Å². The van der Waals surface area contributed by atoms with Gasteiger partial charge in [0, 0.05) is 29.6 Å². The lowest BCUT2D eigenvalue weighted by Crippen LogP contribution is -2.46. The maximum absolute atomic E-state index is 13.5. The van der Waals surface area contributed by atoms with Crippen LogP contribution in [0.3, 0.4) is 0 Å². The zero-order valence-corrected chi connectivity index (χ0v) is 27.3. The molecular weight excluding hydrogens is 640 g/mol. The minimum atomic E-state index is -4.37. The van der Waals surface area contributed by atoms with E-state index < -0.39 is 11.7 Å². The first-order valence-electron chi connectivity index (χ1n) is 16.2. The summed E-state index contributed by atoms with van der Waals surface area (Å²) < 4.78 is 54.9. The Kier molecular flexibility index (Phi) is 9.04. The lowest BCUT2D eigenvalue weighted by atomic mass is 10.0. The minimum absolute atomic E-state index is 0.173. The summed E-state index contributed by atoms with van der Waals surface area (Å²) in [6, 6.07) is 20.0. The average molecular weight is 677 g/mol. The molecule has 48 heavy (non-hydrogen) atoms. The molecular formula is C36H36F4N6OS. The Balaban J connectivity index is 1.14. The molecule has 2 heterocycles. The highest BCUT2D eigenvalue weighted by Crippen LogP contribution is 2.32. The molecule has 250 valence electrons. The van der Waals surface area contributed by atoms with Gasteiger partial charge in [0.15, 0.2) is 5.16 Å². The van der Waals surface area contributed by atoms with Crippen molar-refractivity contribution < 1.29 is 17.6 Å². The van der Waals surface area contributed by atoms with Crippen molar-refractivity contribution in [2.24, 2.45) is 5.10 Å². The lowest BCUT2D eigenvalue weighted by molar-refractivity contribution is -0.137. The number of thioether (sulfide) groups is 1. The predicted octanol–water partition coefficient (Wildman–Crippen LogP) is 6.69. The van der Waals surface area contributed by atoms with Gasteiger partial charge in [-0.2, -0.15) is 23.3 Å². The molecule has 1 fully saturated rings. The number of halogens is 4. The lowest BCUT2D eigenvalue weighted by Gasteiger charge is -2.31. The van der Waals surface area contributed by atoms with E-state index in [4.69, 9.17) is 5.10 Å². The van der Waals surface area contributed by atoms with Crippen molar-refractivity contribution in [2.75, 3.05) is 13.6 Å². The number of hydrogen-bond acceptors (Lipinski definition) is 7. The molecule has 7 rings (SSSR count). The van der Waals surface area contributed by atoms with Gasteiger partial charge in [-0.05, 0) is 85.7 Å². The summed E-state index contributed by atoms with van der Waals surface area (Å²) >= 11 is 1.48. The number of rotatable bonds is 11. The van der Waals surface area contributed by atoms with E-state index in [1.54, 1.807) is 12.1 Å². The van der Waals surface area contributed by atoms with Gasteiger partial charge in [0.2, 0.25) is 0 Å². The zero-order chi connectivity index (χ0) is 33.4. The van der Waals surface area contributed by atoms with E-state index in [1.807, 2.05) is 24.3 Å². The summed E-state index contributed by atoms with van der Waals surface area (Å²) in [6.07, 6.45) is 0.188. The molecule has 1 atom stereocenters. The number of benzene rings is 3. The highest BCUT2D eigenvalue weighted by Gasteiger charge is 2.34. The second kappa shape index (κ2) is 13.4. The number of alkyl halides is 3. The van der Waals surface area contributed by atoms with Crippen LogP contribution in [-0.4, -0.2) is 51.0 Å². The number of nitrogens with zero attached hydrogens (tertiary/aromatic N) is 5. The molecule has 4 aromatic rings. The molecule has 1 unspecified atom stereocenters. The summed E-state index contributed by atoms with van der Waals surface area (Å²) in [6.45, 7) is 1.77. The quantitative estimate of drug-likeness (QED) is 0.109. The van der Waals surface area contributed by atoms with E-state index >= 15 is 0 Å². The Hall–Kier alpha value is -4.16. The molecule has 1 saturated carbocycles. The smallest absolute Gasteiger partial charge is 0.330 e. The van der Waals surface area contributed by atoms with Crippen molar-refractivity contribution in [2.45, 2.75) is 74.5 Å². The van der Waals surface area contributed by atoms with E-state index in [0.29, 0.717) is 48.6 Å². The summed E-state index contributed by atoms with van der Waals surface area (Å²) in [5.74, 6) is 1.18. The van der Waals surface area contributed by atoms with Crippen LogP contribution in [0.1, 0.15) is 47.2 Å². The Bertz CT molecular complexity index is 1850. The highest BCUT2D eigenvalue weighted by atomic mass is 32.2. The van der Waals surface area contributed by atoms with Crippen molar-refractivity contribution in [1.82, 2.24) is 24.8 Å². The normalized spacial score (nSPS) is 17.5. The van der Waals surface area contributed by atoms with Gasteiger partial charge >= 0.3 is 6.18 Å². The van der Waals surface area contributed by atoms with Crippen molar-refractivity contribution in [3.8, 4) is 11.1 Å². The van der Waals surface area contributed by atoms with Gasteiger partial charge in [-0.3, -0.25) is 15.1 Å². The summed E-state index contributed by atoms with van der Waals surface area (Å²) in [5.41, 5.74) is 7.86. The number of fused-ring (bicyclic) bond motifs is 1. The van der Waals surface area contributed by atoms with Crippen molar-refractivity contribution in [3.63, 3.8) is 0 Å². The van der Waals surface area contributed by atoms with Gasteiger partial charge < -0.3 is 9.47 Å². The first-order valence-corrected chi connectivity index (χ1v) is 17.2. The monoisotopic (exact) mass is 676 g/mol. The molecule has 2 aliphatic carbocycles.